The van der Waals surface area contributed by atoms with Crippen molar-refractivity contribution in [2.45, 2.75) is 76.5 Å². The van der Waals surface area contributed by atoms with Gasteiger partial charge < -0.3 is 4.74 Å². The molecular weight excluding hydrogens is 401 g/mol. The summed E-state index contributed by atoms with van der Waals surface area (Å²) in [6, 6.07) is 8.25. The lowest BCUT2D eigenvalue weighted by Gasteiger charge is -2.28. The second-order valence-electron chi connectivity index (χ2n) is 9.09. The molecular formula is C26H29F3O2. The number of rotatable bonds is 4. The fourth-order valence-corrected chi connectivity index (χ4v) is 5.07. The zero-order chi connectivity index (χ0) is 22.0. The Kier molecular flexibility index (Phi) is 6.68. The summed E-state index contributed by atoms with van der Waals surface area (Å²) in [7, 11) is 0. The van der Waals surface area contributed by atoms with Gasteiger partial charge in [0.15, 0.2) is 11.6 Å². The SMILES string of the molecule is Cc1ccc(C2CCC(C(=O)Oc3ccc(C4CCCCC4)c(F)c3F)CC2)cc1F. The largest absolute Gasteiger partial charge is 0.423 e. The first-order chi connectivity index (χ1) is 14.9. The predicted molar refractivity (Wildman–Crippen MR) is 114 cm³/mol. The zero-order valence-electron chi connectivity index (χ0n) is 17.9. The lowest BCUT2D eigenvalue weighted by Crippen LogP contribution is -2.25. The van der Waals surface area contributed by atoms with Gasteiger partial charge in [-0.3, -0.25) is 4.79 Å². The number of aryl methyl sites for hydroxylation is 1. The van der Waals surface area contributed by atoms with Crippen LogP contribution in [0.3, 0.4) is 0 Å². The van der Waals surface area contributed by atoms with E-state index in [9.17, 15) is 18.0 Å². The second kappa shape index (κ2) is 9.46. The molecule has 2 fully saturated rings. The number of ether oxygens (including phenoxy) is 1. The molecule has 0 aliphatic heterocycles. The van der Waals surface area contributed by atoms with Crippen molar-refractivity contribution in [3.05, 3.63) is 64.5 Å². The molecule has 5 heteroatoms. The molecule has 0 atom stereocenters. The molecule has 0 N–H and O–H groups in total. The van der Waals surface area contributed by atoms with Gasteiger partial charge in [-0.2, -0.15) is 4.39 Å². The maximum atomic E-state index is 14.6. The Bertz CT molecular complexity index is 942. The lowest BCUT2D eigenvalue weighted by atomic mass is 9.78. The highest BCUT2D eigenvalue weighted by atomic mass is 19.2. The number of carbonyl (C=O) groups is 1. The van der Waals surface area contributed by atoms with Gasteiger partial charge in [0.1, 0.15) is 5.82 Å². The van der Waals surface area contributed by atoms with Gasteiger partial charge in [0.05, 0.1) is 5.92 Å². The molecule has 166 valence electrons. The van der Waals surface area contributed by atoms with Crippen molar-refractivity contribution in [3.63, 3.8) is 0 Å². The van der Waals surface area contributed by atoms with E-state index < -0.39 is 17.6 Å². The van der Waals surface area contributed by atoms with Crippen LogP contribution in [0.1, 0.15) is 86.3 Å². The summed E-state index contributed by atoms with van der Waals surface area (Å²) in [5.74, 6) is -3.14. The molecule has 2 nitrogen and oxygen atoms in total. The van der Waals surface area contributed by atoms with Gasteiger partial charge >= 0.3 is 5.97 Å². The van der Waals surface area contributed by atoms with E-state index in [1.807, 2.05) is 6.07 Å². The molecule has 0 aromatic heterocycles. The van der Waals surface area contributed by atoms with Crippen LogP contribution in [0.25, 0.3) is 0 Å². The Balaban J connectivity index is 1.37. The summed E-state index contributed by atoms with van der Waals surface area (Å²) in [5.41, 5.74) is 1.95. The fraction of sp³-hybridized carbons (Fsp3) is 0.500. The van der Waals surface area contributed by atoms with Crippen LogP contribution in [0.15, 0.2) is 30.3 Å². The molecule has 0 saturated heterocycles. The number of carbonyl (C=O) groups excluding carboxylic acids is 1. The van der Waals surface area contributed by atoms with Gasteiger partial charge in [-0.1, -0.05) is 37.5 Å². The zero-order valence-corrected chi connectivity index (χ0v) is 17.9. The molecule has 0 amide bonds. The number of hydrogen-bond donors (Lipinski definition) is 0. The van der Waals surface area contributed by atoms with E-state index in [0.717, 1.165) is 50.5 Å². The third-order valence-corrected chi connectivity index (χ3v) is 7.06. The first-order valence-electron chi connectivity index (χ1n) is 11.4. The smallest absolute Gasteiger partial charge is 0.314 e. The normalized spacial score (nSPS) is 22.3. The maximum absolute atomic E-state index is 14.6. The average Bonchev–Trinajstić information content (AvgIpc) is 2.79. The third-order valence-electron chi connectivity index (χ3n) is 7.06. The van der Waals surface area contributed by atoms with E-state index in [-0.39, 0.29) is 29.3 Å². The maximum Gasteiger partial charge on any atom is 0.314 e. The van der Waals surface area contributed by atoms with Crippen LogP contribution in [-0.2, 0) is 4.79 Å². The highest BCUT2D eigenvalue weighted by Crippen LogP contribution is 2.39. The van der Waals surface area contributed by atoms with Crippen molar-refractivity contribution in [1.82, 2.24) is 0 Å². The van der Waals surface area contributed by atoms with Crippen LogP contribution < -0.4 is 4.74 Å². The Hall–Kier alpha value is -2.30. The minimum atomic E-state index is -1.07. The molecule has 0 bridgehead atoms. The second-order valence-corrected chi connectivity index (χ2v) is 9.09. The Morgan fingerprint density at radius 2 is 1.55 bits per heavy atom. The summed E-state index contributed by atoms with van der Waals surface area (Å²) >= 11 is 0. The minimum Gasteiger partial charge on any atom is -0.423 e. The third kappa shape index (κ3) is 4.81. The predicted octanol–water partition coefficient (Wildman–Crippen LogP) is 7.34. The Labute approximate surface area is 181 Å². The molecule has 0 heterocycles. The van der Waals surface area contributed by atoms with Crippen molar-refractivity contribution in [3.8, 4) is 5.75 Å². The highest BCUT2D eigenvalue weighted by molar-refractivity contribution is 5.75. The van der Waals surface area contributed by atoms with E-state index in [4.69, 9.17) is 4.74 Å². The minimum absolute atomic E-state index is 0.0369. The van der Waals surface area contributed by atoms with E-state index in [0.29, 0.717) is 24.0 Å². The van der Waals surface area contributed by atoms with Crippen LogP contribution in [-0.4, -0.2) is 5.97 Å². The van der Waals surface area contributed by atoms with Gasteiger partial charge in [0, 0.05) is 0 Å². The molecule has 4 rings (SSSR count). The van der Waals surface area contributed by atoms with Gasteiger partial charge in [0.25, 0.3) is 0 Å². The van der Waals surface area contributed by atoms with Crippen LogP contribution in [0.2, 0.25) is 0 Å². The topological polar surface area (TPSA) is 26.3 Å². The summed E-state index contributed by atoms with van der Waals surface area (Å²) in [5, 5.41) is 0. The van der Waals surface area contributed by atoms with Gasteiger partial charge in [-0.05, 0) is 86.1 Å². The summed E-state index contributed by atoms with van der Waals surface area (Å²) < 4.78 is 48.4. The van der Waals surface area contributed by atoms with Crippen LogP contribution in [0, 0.1) is 30.3 Å². The summed E-state index contributed by atoms with van der Waals surface area (Å²) in [6.45, 7) is 1.73. The van der Waals surface area contributed by atoms with E-state index >= 15 is 0 Å². The lowest BCUT2D eigenvalue weighted by molar-refractivity contribution is -0.140. The van der Waals surface area contributed by atoms with Crippen molar-refractivity contribution >= 4 is 5.97 Å². The Morgan fingerprint density at radius 1 is 0.839 bits per heavy atom. The fourth-order valence-electron chi connectivity index (χ4n) is 5.07. The molecule has 2 aliphatic carbocycles. The Morgan fingerprint density at radius 3 is 2.23 bits per heavy atom. The summed E-state index contributed by atoms with van der Waals surface area (Å²) in [6.07, 6.45) is 7.57. The van der Waals surface area contributed by atoms with E-state index in [2.05, 4.69) is 0 Å². The van der Waals surface area contributed by atoms with Crippen molar-refractivity contribution < 1.29 is 22.7 Å². The number of hydrogen-bond acceptors (Lipinski definition) is 2. The first kappa shape index (κ1) is 21.9. The average molecular weight is 431 g/mol. The molecule has 2 aromatic carbocycles. The molecule has 0 spiro atoms. The highest BCUT2D eigenvalue weighted by Gasteiger charge is 2.30. The molecule has 0 radical (unpaired) electrons. The molecule has 2 saturated carbocycles. The van der Waals surface area contributed by atoms with Crippen molar-refractivity contribution in [1.29, 1.82) is 0 Å². The van der Waals surface area contributed by atoms with Gasteiger partial charge in [0.2, 0.25) is 5.82 Å². The van der Waals surface area contributed by atoms with Crippen molar-refractivity contribution in [2.75, 3.05) is 0 Å². The number of esters is 1. The monoisotopic (exact) mass is 430 g/mol. The van der Waals surface area contributed by atoms with E-state index in [1.54, 1.807) is 25.1 Å². The van der Waals surface area contributed by atoms with E-state index in [1.165, 1.54) is 6.07 Å². The molecule has 31 heavy (non-hydrogen) atoms. The van der Waals surface area contributed by atoms with Crippen molar-refractivity contribution in [2.24, 2.45) is 5.92 Å². The van der Waals surface area contributed by atoms with Gasteiger partial charge in [-0.25, -0.2) is 8.78 Å². The van der Waals surface area contributed by atoms with Crippen LogP contribution in [0.5, 0.6) is 5.75 Å². The first-order valence-corrected chi connectivity index (χ1v) is 11.4. The quantitative estimate of drug-likeness (QED) is 0.375. The van der Waals surface area contributed by atoms with Crippen LogP contribution in [0.4, 0.5) is 13.2 Å². The van der Waals surface area contributed by atoms with Crippen LogP contribution >= 0.6 is 0 Å². The number of benzene rings is 2. The van der Waals surface area contributed by atoms with Gasteiger partial charge in [-0.15, -0.1) is 0 Å². The summed E-state index contributed by atoms with van der Waals surface area (Å²) in [4.78, 5) is 12.6. The molecule has 0 unspecified atom stereocenters. The molecule has 2 aromatic rings. The molecule has 2 aliphatic rings. The number of halogens is 3. The standard InChI is InChI=1S/C26H29F3O2/c1-16-7-8-20(15-22(16)27)17-9-11-19(12-10-17)26(30)31-23-14-13-21(24(28)25(23)29)18-5-3-2-4-6-18/h7-8,13-15,17-19H,2-6,9-12H2,1H3.